The summed E-state index contributed by atoms with van der Waals surface area (Å²) in [6.45, 7) is 1.93. The standard InChI is InChI=1S/C18H24ClNO3/c1-13-11-15(19)8-7-14(13)12-16(21)20-18(17(22)23-2)9-5-3-4-6-10-18/h7-8,11H,3-6,9-10,12H2,1-2H3,(H,20,21). The van der Waals surface area contributed by atoms with Crippen molar-refractivity contribution in [3.05, 3.63) is 34.3 Å². The van der Waals surface area contributed by atoms with E-state index in [1.165, 1.54) is 7.11 Å². The molecule has 1 aliphatic rings. The molecule has 1 aliphatic carbocycles. The third kappa shape index (κ3) is 4.47. The van der Waals surface area contributed by atoms with Gasteiger partial charge in [-0.05, 0) is 43.0 Å². The molecule has 1 fully saturated rings. The van der Waals surface area contributed by atoms with Crippen LogP contribution in [-0.2, 0) is 20.7 Å². The maximum Gasteiger partial charge on any atom is 0.331 e. The number of halogens is 1. The number of nitrogens with one attached hydrogen (secondary N) is 1. The lowest BCUT2D eigenvalue weighted by atomic mass is 9.89. The molecule has 1 aromatic rings. The van der Waals surface area contributed by atoms with Gasteiger partial charge in [-0.1, -0.05) is 43.4 Å². The summed E-state index contributed by atoms with van der Waals surface area (Å²) in [6.07, 6.45) is 5.55. The Labute approximate surface area is 142 Å². The Hall–Kier alpha value is -1.55. The molecule has 1 aromatic carbocycles. The van der Waals surface area contributed by atoms with E-state index in [0.717, 1.165) is 36.8 Å². The monoisotopic (exact) mass is 337 g/mol. The fraction of sp³-hybridized carbons (Fsp3) is 0.556. The van der Waals surface area contributed by atoms with Crippen LogP contribution in [-0.4, -0.2) is 24.5 Å². The summed E-state index contributed by atoms with van der Waals surface area (Å²) in [7, 11) is 1.38. The van der Waals surface area contributed by atoms with Crippen molar-refractivity contribution in [2.45, 2.75) is 57.4 Å². The fourth-order valence-corrected chi connectivity index (χ4v) is 3.48. The van der Waals surface area contributed by atoms with Crippen LogP contribution in [0.5, 0.6) is 0 Å². The van der Waals surface area contributed by atoms with E-state index in [1.807, 2.05) is 19.1 Å². The van der Waals surface area contributed by atoms with Crippen molar-refractivity contribution in [2.24, 2.45) is 0 Å². The quantitative estimate of drug-likeness (QED) is 0.675. The summed E-state index contributed by atoms with van der Waals surface area (Å²) in [5.41, 5.74) is 1.02. The highest BCUT2D eigenvalue weighted by Crippen LogP contribution is 2.28. The molecule has 2 rings (SSSR count). The first-order chi connectivity index (χ1) is 11.0. The number of methoxy groups -OCH3 is 1. The summed E-state index contributed by atoms with van der Waals surface area (Å²) in [5.74, 6) is -0.483. The Morgan fingerprint density at radius 3 is 2.43 bits per heavy atom. The first-order valence-corrected chi connectivity index (χ1v) is 8.49. The number of ether oxygens (including phenoxy) is 1. The van der Waals surface area contributed by atoms with E-state index in [9.17, 15) is 9.59 Å². The van der Waals surface area contributed by atoms with E-state index >= 15 is 0 Å². The number of carbonyl (C=O) groups excluding carboxylic acids is 2. The number of carbonyl (C=O) groups is 2. The van der Waals surface area contributed by atoms with E-state index in [-0.39, 0.29) is 18.3 Å². The molecular formula is C18H24ClNO3. The Balaban J connectivity index is 2.12. The first-order valence-electron chi connectivity index (χ1n) is 8.11. The number of hydrogen-bond acceptors (Lipinski definition) is 3. The lowest BCUT2D eigenvalue weighted by Crippen LogP contribution is -2.55. The van der Waals surface area contributed by atoms with E-state index in [0.29, 0.717) is 17.9 Å². The van der Waals surface area contributed by atoms with Crippen LogP contribution < -0.4 is 5.32 Å². The smallest absolute Gasteiger partial charge is 0.331 e. The number of benzene rings is 1. The zero-order valence-electron chi connectivity index (χ0n) is 13.8. The highest BCUT2D eigenvalue weighted by Gasteiger charge is 2.40. The van der Waals surface area contributed by atoms with E-state index in [4.69, 9.17) is 16.3 Å². The van der Waals surface area contributed by atoms with Gasteiger partial charge in [0, 0.05) is 5.02 Å². The predicted molar refractivity (Wildman–Crippen MR) is 90.5 cm³/mol. The topological polar surface area (TPSA) is 55.4 Å². The summed E-state index contributed by atoms with van der Waals surface area (Å²) in [5, 5.41) is 3.62. The maximum atomic E-state index is 12.5. The molecule has 0 aromatic heterocycles. The van der Waals surface area contributed by atoms with Crippen molar-refractivity contribution in [3.8, 4) is 0 Å². The largest absolute Gasteiger partial charge is 0.467 e. The zero-order valence-corrected chi connectivity index (χ0v) is 14.5. The number of amides is 1. The lowest BCUT2D eigenvalue weighted by molar-refractivity contribution is -0.151. The van der Waals surface area contributed by atoms with Gasteiger partial charge in [0.25, 0.3) is 0 Å². The van der Waals surface area contributed by atoms with Crippen molar-refractivity contribution in [2.75, 3.05) is 7.11 Å². The van der Waals surface area contributed by atoms with Crippen LogP contribution in [0.3, 0.4) is 0 Å². The molecule has 0 saturated heterocycles. The molecule has 0 atom stereocenters. The number of aryl methyl sites for hydroxylation is 1. The zero-order chi connectivity index (χ0) is 16.9. The molecule has 0 aliphatic heterocycles. The minimum Gasteiger partial charge on any atom is -0.467 e. The van der Waals surface area contributed by atoms with Crippen molar-refractivity contribution >= 4 is 23.5 Å². The summed E-state index contributed by atoms with van der Waals surface area (Å²) < 4.78 is 4.97. The number of esters is 1. The molecule has 0 bridgehead atoms. The Kier molecular flexibility index (Phi) is 6.05. The van der Waals surface area contributed by atoms with Gasteiger partial charge in [0.1, 0.15) is 5.54 Å². The van der Waals surface area contributed by atoms with Gasteiger partial charge in [-0.3, -0.25) is 4.79 Å². The van der Waals surface area contributed by atoms with Gasteiger partial charge in [0.15, 0.2) is 0 Å². The highest BCUT2D eigenvalue weighted by molar-refractivity contribution is 6.30. The van der Waals surface area contributed by atoms with Crippen LogP contribution in [0.25, 0.3) is 0 Å². The van der Waals surface area contributed by atoms with E-state index in [2.05, 4.69) is 5.32 Å². The molecule has 4 nitrogen and oxygen atoms in total. The Morgan fingerprint density at radius 2 is 1.87 bits per heavy atom. The molecule has 0 unspecified atom stereocenters. The van der Waals surface area contributed by atoms with Gasteiger partial charge in [0.2, 0.25) is 5.91 Å². The van der Waals surface area contributed by atoms with Gasteiger partial charge in [-0.25, -0.2) is 4.79 Å². The van der Waals surface area contributed by atoms with Crippen LogP contribution in [0.2, 0.25) is 5.02 Å². The molecule has 23 heavy (non-hydrogen) atoms. The average molecular weight is 338 g/mol. The number of rotatable bonds is 4. The summed E-state index contributed by atoms with van der Waals surface area (Å²) in [6, 6.07) is 5.47. The molecule has 126 valence electrons. The van der Waals surface area contributed by atoms with Crippen LogP contribution in [0.1, 0.15) is 49.7 Å². The normalized spacial score (nSPS) is 17.2. The second kappa shape index (κ2) is 7.82. The minimum atomic E-state index is -0.872. The average Bonchev–Trinajstić information content (AvgIpc) is 2.75. The summed E-state index contributed by atoms with van der Waals surface area (Å²) >= 11 is 5.95. The fourth-order valence-electron chi connectivity index (χ4n) is 3.25. The molecular weight excluding hydrogens is 314 g/mol. The number of hydrogen-bond donors (Lipinski definition) is 1. The van der Waals surface area contributed by atoms with Crippen molar-refractivity contribution < 1.29 is 14.3 Å². The lowest BCUT2D eigenvalue weighted by Gasteiger charge is -2.31. The van der Waals surface area contributed by atoms with E-state index < -0.39 is 5.54 Å². The molecule has 0 heterocycles. The van der Waals surface area contributed by atoms with Gasteiger partial charge in [-0.15, -0.1) is 0 Å². The maximum absolute atomic E-state index is 12.5. The molecule has 1 amide bonds. The van der Waals surface area contributed by atoms with E-state index in [1.54, 1.807) is 6.07 Å². The van der Waals surface area contributed by atoms with Gasteiger partial charge < -0.3 is 10.1 Å². The SMILES string of the molecule is COC(=O)C1(NC(=O)Cc2ccc(Cl)cc2C)CCCCCC1. The van der Waals surface area contributed by atoms with Gasteiger partial charge >= 0.3 is 5.97 Å². The Bertz CT molecular complexity index is 578. The first kappa shape index (κ1) is 17.8. The summed E-state index contributed by atoms with van der Waals surface area (Å²) in [4.78, 5) is 24.8. The molecule has 5 heteroatoms. The highest BCUT2D eigenvalue weighted by atomic mass is 35.5. The van der Waals surface area contributed by atoms with Gasteiger partial charge in [-0.2, -0.15) is 0 Å². The van der Waals surface area contributed by atoms with Gasteiger partial charge in [0.05, 0.1) is 13.5 Å². The van der Waals surface area contributed by atoms with Crippen molar-refractivity contribution in [3.63, 3.8) is 0 Å². The predicted octanol–water partition coefficient (Wildman–Crippen LogP) is 3.57. The second-order valence-corrected chi connectivity index (χ2v) is 6.72. The minimum absolute atomic E-state index is 0.150. The molecule has 1 saturated carbocycles. The van der Waals surface area contributed by atoms with Crippen LogP contribution in [0.4, 0.5) is 0 Å². The molecule has 1 N–H and O–H groups in total. The molecule has 0 radical (unpaired) electrons. The molecule has 0 spiro atoms. The Morgan fingerprint density at radius 1 is 1.22 bits per heavy atom. The second-order valence-electron chi connectivity index (χ2n) is 6.28. The van der Waals surface area contributed by atoms with Crippen molar-refractivity contribution in [1.29, 1.82) is 0 Å². The van der Waals surface area contributed by atoms with Crippen molar-refractivity contribution in [1.82, 2.24) is 5.32 Å². The van der Waals surface area contributed by atoms with Crippen LogP contribution >= 0.6 is 11.6 Å². The third-order valence-electron chi connectivity index (χ3n) is 4.57. The van der Waals surface area contributed by atoms with Crippen LogP contribution in [0, 0.1) is 6.92 Å². The van der Waals surface area contributed by atoms with Crippen LogP contribution in [0.15, 0.2) is 18.2 Å². The third-order valence-corrected chi connectivity index (χ3v) is 4.80.